The quantitative estimate of drug-likeness (QED) is 0.607. The maximum absolute atomic E-state index is 13.1. The van der Waals surface area contributed by atoms with Gasteiger partial charge in [0.05, 0.1) is 10.4 Å². The molecule has 0 unspecified atom stereocenters. The lowest BCUT2D eigenvalue weighted by Crippen LogP contribution is -2.54. The fourth-order valence-electron chi connectivity index (χ4n) is 4.12. The van der Waals surface area contributed by atoms with Crippen LogP contribution in [0.5, 0.6) is 0 Å². The van der Waals surface area contributed by atoms with E-state index in [9.17, 15) is 22.8 Å². The molecule has 0 radical (unpaired) electrons. The molecule has 0 saturated carbocycles. The molecule has 1 spiro atoms. The summed E-state index contributed by atoms with van der Waals surface area (Å²) in [5.41, 5.74) is -0.187. The number of piperidine rings is 1. The molecule has 0 atom stereocenters. The van der Waals surface area contributed by atoms with Gasteiger partial charge in [0.15, 0.2) is 0 Å². The summed E-state index contributed by atoms with van der Waals surface area (Å²) in [7, 11) is 0. The number of carbonyl (C=O) groups is 2. The van der Waals surface area contributed by atoms with Crippen LogP contribution in [-0.2, 0) is 6.18 Å². The van der Waals surface area contributed by atoms with Crippen LogP contribution < -0.4 is 5.32 Å². The summed E-state index contributed by atoms with van der Waals surface area (Å²) in [5.74, 6) is 0.724. The van der Waals surface area contributed by atoms with Crippen LogP contribution in [-0.4, -0.2) is 52.0 Å². The standard InChI is InChI=1S/C22H21ClF3N3O2S/c23-17-5-1-3-15(13-17)19(30)29-11-12-32-21(29)7-9-28(10-8-21)20(31)27-18-6-2-4-16(14-18)22(24,25)26/h1-6,13-14H,7-12H2,(H,27,31). The lowest BCUT2D eigenvalue weighted by Gasteiger charge is -2.44. The zero-order valence-corrected chi connectivity index (χ0v) is 18.6. The third-order valence-corrected chi connectivity index (χ3v) is 7.56. The highest BCUT2D eigenvalue weighted by Crippen LogP contribution is 2.44. The SMILES string of the molecule is O=C(Nc1cccc(C(F)(F)F)c1)N1CCC2(CC1)SCCN2C(=O)c1cccc(Cl)c1. The number of rotatable bonds is 2. The smallest absolute Gasteiger partial charge is 0.324 e. The van der Waals surface area contributed by atoms with Crippen molar-refractivity contribution in [1.82, 2.24) is 9.80 Å². The number of carbonyl (C=O) groups excluding carboxylic acids is 2. The molecule has 2 aromatic carbocycles. The summed E-state index contributed by atoms with van der Waals surface area (Å²) < 4.78 is 38.7. The number of likely N-dealkylation sites (tertiary alicyclic amines) is 1. The van der Waals surface area contributed by atoms with Crippen molar-refractivity contribution in [1.29, 1.82) is 0 Å². The largest absolute Gasteiger partial charge is 0.416 e. The molecule has 10 heteroatoms. The van der Waals surface area contributed by atoms with E-state index in [1.165, 1.54) is 12.1 Å². The molecule has 1 N–H and O–H groups in total. The molecule has 170 valence electrons. The molecule has 2 heterocycles. The summed E-state index contributed by atoms with van der Waals surface area (Å²) in [6, 6.07) is 11.0. The molecular formula is C22H21ClF3N3O2S. The summed E-state index contributed by atoms with van der Waals surface area (Å²) in [5, 5.41) is 3.05. The summed E-state index contributed by atoms with van der Waals surface area (Å²) in [6.07, 6.45) is -3.31. The van der Waals surface area contributed by atoms with E-state index < -0.39 is 22.6 Å². The first-order chi connectivity index (χ1) is 15.2. The van der Waals surface area contributed by atoms with Gasteiger partial charge >= 0.3 is 12.2 Å². The van der Waals surface area contributed by atoms with Gasteiger partial charge in [-0.15, -0.1) is 11.8 Å². The van der Waals surface area contributed by atoms with Gasteiger partial charge in [-0.25, -0.2) is 4.79 Å². The van der Waals surface area contributed by atoms with Crippen LogP contribution in [0.1, 0.15) is 28.8 Å². The Bertz CT molecular complexity index is 1030. The van der Waals surface area contributed by atoms with E-state index in [2.05, 4.69) is 5.32 Å². The van der Waals surface area contributed by atoms with Crippen molar-refractivity contribution >= 4 is 41.0 Å². The maximum Gasteiger partial charge on any atom is 0.416 e. The van der Waals surface area contributed by atoms with E-state index in [1.54, 1.807) is 40.9 Å². The average Bonchev–Trinajstić information content (AvgIpc) is 3.16. The fraction of sp³-hybridized carbons (Fsp3) is 0.364. The third-order valence-electron chi connectivity index (χ3n) is 5.77. The minimum atomic E-state index is -4.48. The van der Waals surface area contributed by atoms with Crippen LogP contribution in [0.3, 0.4) is 0 Å². The molecular weight excluding hydrogens is 463 g/mol. The number of halogens is 4. The molecule has 2 aliphatic heterocycles. The van der Waals surface area contributed by atoms with E-state index in [0.29, 0.717) is 43.1 Å². The van der Waals surface area contributed by atoms with Crippen LogP contribution in [0, 0.1) is 0 Å². The zero-order chi connectivity index (χ0) is 22.9. The number of urea groups is 1. The topological polar surface area (TPSA) is 52.7 Å². The van der Waals surface area contributed by atoms with E-state index in [-0.39, 0.29) is 11.6 Å². The zero-order valence-electron chi connectivity index (χ0n) is 17.0. The normalized spacial score (nSPS) is 18.1. The van der Waals surface area contributed by atoms with Gasteiger partial charge in [-0.3, -0.25) is 4.79 Å². The Morgan fingerprint density at radius 1 is 1.03 bits per heavy atom. The second kappa shape index (κ2) is 8.86. The molecule has 4 rings (SSSR count). The minimum Gasteiger partial charge on any atom is -0.324 e. The number of amides is 3. The highest BCUT2D eigenvalue weighted by Gasteiger charge is 2.47. The van der Waals surface area contributed by atoms with Crippen LogP contribution in [0.25, 0.3) is 0 Å². The van der Waals surface area contributed by atoms with E-state index in [0.717, 1.165) is 17.9 Å². The first-order valence-electron chi connectivity index (χ1n) is 10.1. The number of nitrogens with one attached hydrogen (secondary N) is 1. The Balaban J connectivity index is 1.41. The van der Waals surface area contributed by atoms with Crippen molar-refractivity contribution in [3.8, 4) is 0 Å². The number of alkyl halides is 3. The summed E-state index contributed by atoms with van der Waals surface area (Å²) in [4.78, 5) is 28.8. The second-order valence-electron chi connectivity index (χ2n) is 7.76. The van der Waals surface area contributed by atoms with Gasteiger partial charge in [0.1, 0.15) is 0 Å². The number of nitrogens with zero attached hydrogens (tertiary/aromatic N) is 2. The summed E-state index contributed by atoms with van der Waals surface area (Å²) >= 11 is 7.75. The van der Waals surface area contributed by atoms with Gasteiger partial charge < -0.3 is 15.1 Å². The molecule has 2 saturated heterocycles. The van der Waals surface area contributed by atoms with E-state index in [1.807, 2.05) is 4.90 Å². The van der Waals surface area contributed by atoms with Crippen molar-refractivity contribution in [2.45, 2.75) is 23.9 Å². The Labute approximate surface area is 192 Å². The van der Waals surface area contributed by atoms with Gasteiger partial charge in [0.2, 0.25) is 0 Å². The molecule has 2 fully saturated rings. The molecule has 2 aromatic rings. The molecule has 3 amide bonds. The van der Waals surface area contributed by atoms with Crippen LogP contribution in [0.4, 0.5) is 23.7 Å². The molecule has 5 nitrogen and oxygen atoms in total. The maximum atomic E-state index is 13.1. The number of anilines is 1. The lowest BCUT2D eigenvalue weighted by atomic mass is 10.0. The average molecular weight is 484 g/mol. The fourth-order valence-corrected chi connectivity index (χ4v) is 5.77. The van der Waals surface area contributed by atoms with Gasteiger partial charge in [-0.05, 0) is 49.2 Å². The number of benzene rings is 2. The third kappa shape index (κ3) is 4.68. The lowest BCUT2D eigenvalue weighted by molar-refractivity contribution is -0.137. The van der Waals surface area contributed by atoms with E-state index >= 15 is 0 Å². The van der Waals surface area contributed by atoms with Gasteiger partial charge in [-0.1, -0.05) is 23.7 Å². The van der Waals surface area contributed by atoms with Crippen LogP contribution >= 0.6 is 23.4 Å². The van der Waals surface area contributed by atoms with E-state index in [4.69, 9.17) is 11.6 Å². The Hall–Kier alpha value is -2.39. The second-order valence-corrected chi connectivity index (χ2v) is 9.65. The van der Waals surface area contributed by atoms with Gasteiger partial charge in [-0.2, -0.15) is 13.2 Å². The Morgan fingerprint density at radius 2 is 1.75 bits per heavy atom. The highest BCUT2D eigenvalue weighted by atomic mass is 35.5. The van der Waals surface area contributed by atoms with Crippen molar-refractivity contribution in [2.75, 3.05) is 30.7 Å². The van der Waals surface area contributed by atoms with Crippen molar-refractivity contribution in [3.05, 3.63) is 64.7 Å². The van der Waals surface area contributed by atoms with Crippen molar-refractivity contribution in [2.24, 2.45) is 0 Å². The highest BCUT2D eigenvalue weighted by molar-refractivity contribution is 8.00. The molecule has 0 aromatic heterocycles. The van der Waals surface area contributed by atoms with Crippen LogP contribution in [0.15, 0.2) is 48.5 Å². The number of hydrogen-bond donors (Lipinski definition) is 1. The summed E-state index contributed by atoms with van der Waals surface area (Å²) in [6.45, 7) is 1.42. The van der Waals surface area contributed by atoms with Gasteiger partial charge in [0, 0.05) is 41.7 Å². The monoisotopic (exact) mass is 483 g/mol. The predicted octanol–water partition coefficient (Wildman–Crippen LogP) is 5.57. The number of thioether (sulfide) groups is 1. The predicted molar refractivity (Wildman–Crippen MR) is 119 cm³/mol. The van der Waals surface area contributed by atoms with Gasteiger partial charge in [0.25, 0.3) is 5.91 Å². The Morgan fingerprint density at radius 3 is 2.44 bits per heavy atom. The first-order valence-corrected chi connectivity index (χ1v) is 11.5. The molecule has 0 aliphatic carbocycles. The molecule has 2 aliphatic rings. The first kappa shape index (κ1) is 22.8. The molecule has 0 bridgehead atoms. The van der Waals surface area contributed by atoms with Crippen molar-refractivity contribution < 1.29 is 22.8 Å². The Kier molecular flexibility index (Phi) is 6.31. The van der Waals surface area contributed by atoms with Crippen molar-refractivity contribution in [3.63, 3.8) is 0 Å². The minimum absolute atomic E-state index is 0.0839. The number of hydrogen-bond acceptors (Lipinski definition) is 3. The van der Waals surface area contributed by atoms with Crippen LogP contribution in [0.2, 0.25) is 5.02 Å². The molecule has 32 heavy (non-hydrogen) atoms.